The van der Waals surface area contributed by atoms with E-state index >= 15 is 0 Å². The SMILES string of the molecule is N#Cc1ccc(-c2csc(C[C@@H](NC(=O)[C@@H]3CCCNC3)C(=O)COCCF)n2)cc1. The fourth-order valence-corrected chi connectivity index (χ4v) is 4.22. The number of carbonyl (C=O) groups excluding carboxylic acids is 2. The van der Waals surface area contributed by atoms with E-state index in [1.165, 1.54) is 11.3 Å². The lowest BCUT2D eigenvalue weighted by Gasteiger charge is -2.24. The largest absolute Gasteiger partial charge is 0.371 e. The van der Waals surface area contributed by atoms with Crippen LogP contribution in [0.25, 0.3) is 11.3 Å². The molecule has 2 aromatic rings. The van der Waals surface area contributed by atoms with Crippen molar-refractivity contribution in [3.8, 4) is 17.3 Å². The third-order valence-electron chi connectivity index (χ3n) is 5.08. The van der Waals surface area contributed by atoms with Crippen molar-refractivity contribution in [1.82, 2.24) is 15.6 Å². The van der Waals surface area contributed by atoms with Crippen LogP contribution in [0.1, 0.15) is 23.4 Å². The molecule has 2 N–H and O–H groups in total. The average molecular weight is 445 g/mol. The predicted molar refractivity (Wildman–Crippen MR) is 115 cm³/mol. The van der Waals surface area contributed by atoms with Gasteiger partial charge in [0.25, 0.3) is 0 Å². The second-order valence-electron chi connectivity index (χ2n) is 7.33. The summed E-state index contributed by atoms with van der Waals surface area (Å²) in [5.41, 5.74) is 2.18. The minimum absolute atomic E-state index is 0.154. The minimum Gasteiger partial charge on any atom is -0.371 e. The summed E-state index contributed by atoms with van der Waals surface area (Å²) in [6.07, 6.45) is 1.93. The fraction of sp³-hybridized carbons (Fsp3) is 0.455. The van der Waals surface area contributed by atoms with Crippen LogP contribution in [0.5, 0.6) is 0 Å². The Morgan fingerprint density at radius 1 is 1.39 bits per heavy atom. The molecule has 1 saturated heterocycles. The van der Waals surface area contributed by atoms with E-state index in [2.05, 4.69) is 21.7 Å². The maximum absolute atomic E-state index is 12.7. The number of nitrogens with zero attached hydrogens (tertiary/aromatic N) is 2. The van der Waals surface area contributed by atoms with Gasteiger partial charge in [0, 0.05) is 23.9 Å². The van der Waals surface area contributed by atoms with Crippen LogP contribution in [0, 0.1) is 17.2 Å². The second kappa shape index (κ2) is 11.6. The average Bonchev–Trinajstić information content (AvgIpc) is 3.28. The minimum atomic E-state index is -0.783. The number of thiazole rings is 1. The summed E-state index contributed by atoms with van der Waals surface area (Å²) in [6, 6.07) is 8.39. The third-order valence-corrected chi connectivity index (χ3v) is 5.95. The van der Waals surface area contributed by atoms with Gasteiger partial charge in [-0.3, -0.25) is 9.59 Å². The molecule has 0 aliphatic carbocycles. The summed E-state index contributed by atoms with van der Waals surface area (Å²) in [7, 11) is 0. The Labute approximate surface area is 184 Å². The molecule has 2 atom stereocenters. The molecule has 1 aliphatic rings. The second-order valence-corrected chi connectivity index (χ2v) is 8.27. The van der Waals surface area contributed by atoms with Crippen molar-refractivity contribution < 1.29 is 18.7 Å². The molecule has 164 valence electrons. The fourth-order valence-electron chi connectivity index (χ4n) is 3.37. The van der Waals surface area contributed by atoms with Gasteiger partial charge in [-0.15, -0.1) is 11.3 Å². The number of amides is 1. The molecule has 0 bridgehead atoms. The van der Waals surface area contributed by atoms with Gasteiger partial charge in [-0.1, -0.05) is 12.1 Å². The van der Waals surface area contributed by atoms with Gasteiger partial charge in [-0.05, 0) is 31.5 Å². The Kier molecular flexibility index (Phi) is 8.64. The van der Waals surface area contributed by atoms with E-state index in [4.69, 9.17) is 10.00 Å². The standard InChI is InChI=1S/C22H25FN4O3S/c23-7-9-30-13-20(28)18(27-22(29)17-2-1-8-25-12-17)10-21-26-19(14-31-21)16-5-3-15(11-24)4-6-16/h3-6,14,17-18,25H,1-2,7-10,12-13H2,(H,27,29)/t17-,18-/m1/s1. The number of ketones is 1. The van der Waals surface area contributed by atoms with Gasteiger partial charge in [0.15, 0.2) is 5.78 Å². The first-order valence-corrected chi connectivity index (χ1v) is 11.1. The molecule has 7 nitrogen and oxygen atoms in total. The molecule has 31 heavy (non-hydrogen) atoms. The highest BCUT2D eigenvalue weighted by atomic mass is 32.1. The first kappa shape index (κ1) is 23.0. The Hall–Kier alpha value is -2.67. The van der Waals surface area contributed by atoms with Gasteiger partial charge in [-0.25, -0.2) is 9.37 Å². The van der Waals surface area contributed by atoms with E-state index in [0.29, 0.717) is 17.1 Å². The summed E-state index contributed by atoms with van der Waals surface area (Å²) < 4.78 is 17.4. The number of nitriles is 1. The molecule has 1 aromatic heterocycles. The van der Waals surface area contributed by atoms with Crippen LogP contribution in [0.2, 0.25) is 0 Å². The number of nitrogens with one attached hydrogen (secondary N) is 2. The van der Waals surface area contributed by atoms with Gasteiger partial charge < -0.3 is 15.4 Å². The van der Waals surface area contributed by atoms with Crippen LogP contribution in [0.4, 0.5) is 4.39 Å². The maximum Gasteiger partial charge on any atom is 0.224 e. The predicted octanol–water partition coefficient (Wildman–Crippen LogP) is 2.26. The van der Waals surface area contributed by atoms with Crippen molar-refractivity contribution in [2.24, 2.45) is 5.92 Å². The number of rotatable bonds is 10. The van der Waals surface area contributed by atoms with E-state index in [0.717, 1.165) is 30.6 Å². The Morgan fingerprint density at radius 2 is 2.19 bits per heavy atom. The zero-order valence-electron chi connectivity index (χ0n) is 17.1. The van der Waals surface area contributed by atoms with Crippen LogP contribution in [-0.4, -0.2) is 55.7 Å². The number of alkyl halides is 1. The van der Waals surface area contributed by atoms with Gasteiger partial charge in [0.1, 0.15) is 13.3 Å². The summed E-state index contributed by atoms with van der Waals surface area (Å²) in [6.45, 7) is 0.398. The zero-order valence-corrected chi connectivity index (χ0v) is 17.9. The monoisotopic (exact) mass is 444 g/mol. The molecule has 0 spiro atoms. The topological polar surface area (TPSA) is 104 Å². The Bertz CT molecular complexity index is 920. The number of piperidine rings is 1. The number of hydrogen-bond donors (Lipinski definition) is 2. The molecular weight excluding hydrogens is 419 g/mol. The lowest BCUT2D eigenvalue weighted by Crippen LogP contribution is -2.49. The Morgan fingerprint density at radius 3 is 2.87 bits per heavy atom. The van der Waals surface area contributed by atoms with E-state index in [1.807, 2.05) is 17.5 Å². The smallest absolute Gasteiger partial charge is 0.224 e. The highest BCUT2D eigenvalue weighted by Crippen LogP contribution is 2.23. The van der Waals surface area contributed by atoms with Crippen molar-refractivity contribution in [3.05, 3.63) is 40.2 Å². The molecule has 9 heteroatoms. The highest BCUT2D eigenvalue weighted by molar-refractivity contribution is 7.10. The first-order chi connectivity index (χ1) is 15.1. The van der Waals surface area contributed by atoms with Gasteiger partial charge in [-0.2, -0.15) is 5.26 Å². The van der Waals surface area contributed by atoms with E-state index in [1.54, 1.807) is 12.1 Å². The Balaban J connectivity index is 1.69. The lowest BCUT2D eigenvalue weighted by atomic mass is 9.98. The van der Waals surface area contributed by atoms with Crippen LogP contribution in [0.3, 0.4) is 0 Å². The van der Waals surface area contributed by atoms with Crippen LogP contribution >= 0.6 is 11.3 Å². The van der Waals surface area contributed by atoms with Crippen molar-refractivity contribution >= 4 is 23.0 Å². The van der Waals surface area contributed by atoms with E-state index in [-0.39, 0.29) is 37.2 Å². The number of carbonyl (C=O) groups is 2. The van der Waals surface area contributed by atoms with Crippen molar-refractivity contribution in [3.63, 3.8) is 0 Å². The lowest BCUT2D eigenvalue weighted by molar-refractivity contribution is -0.132. The van der Waals surface area contributed by atoms with E-state index in [9.17, 15) is 14.0 Å². The van der Waals surface area contributed by atoms with Crippen LogP contribution in [0.15, 0.2) is 29.6 Å². The van der Waals surface area contributed by atoms with Crippen molar-refractivity contribution in [2.75, 3.05) is 33.0 Å². The number of ether oxygens (including phenoxy) is 1. The molecular formula is C22H25FN4O3S. The third kappa shape index (κ3) is 6.66. The summed E-state index contributed by atoms with van der Waals surface area (Å²) in [4.78, 5) is 29.9. The maximum atomic E-state index is 12.7. The van der Waals surface area contributed by atoms with Crippen molar-refractivity contribution in [1.29, 1.82) is 5.26 Å². The molecule has 1 aromatic carbocycles. The van der Waals surface area contributed by atoms with Crippen molar-refractivity contribution in [2.45, 2.75) is 25.3 Å². The van der Waals surface area contributed by atoms with Gasteiger partial charge in [0.2, 0.25) is 5.91 Å². The molecule has 0 saturated carbocycles. The molecule has 1 fully saturated rings. The summed E-state index contributed by atoms with van der Waals surface area (Å²) in [5.74, 6) is -0.651. The molecule has 1 amide bonds. The molecule has 0 unspecified atom stereocenters. The number of halogens is 1. The van der Waals surface area contributed by atoms with E-state index < -0.39 is 12.7 Å². The quantitative estimate of drug-likeness (QED) is 0.545. The van der Waals surface area contributed by atoms with Gasteiger partial charge >= 0.3 is 0 Å². The number of hydrogen-bond acceptors (Lipinski definition) is 7. The van der Waals surface area contributed by atoms with Crippen LogP contribution < -0.4 is 10.6 Å². The summed E-state index contributed by atoms with van der Waals surface area (Å²) in [5, 5.41) is 17.6. The number of Topliss-reactive ketones (excluding diaryl/α,β-unsaturated/α-hetero) is 1. The molecule has 1 aliphatic heterocycles. The number of aromatic nitrogens is 1. The van der Waals surface area contributed by atoms with Gasteiger partial charge in [0.05, 0.1) is 40.9 Å². The molecule has 2 heterocycles. The first-order valence-electron chi connectivity index (χ1n) is 10.2. The number of benzene rings is 1. The van der Waals surface area contributed by atoms with Crippen LogP contribution in [-0.2, 0) is 20.7 Å². The normalized spacial score (nSPS) is 17.0. The summed E-state index contributed by atoms with van der Waals surface area (Å²) >= 11 is 1.40. The highest BCUT2D eigenvalue weighted by Gasteiger charge is 2.27. The molecule has 0 radical (unpaired) electrons. The molecule has 3 rings (SSSR count). The zero-order chi connectivity index (χ0) is 22.1.